The molecule has 0 aliphatic heterocycles. The van der Waals surface area contributed by atoms with Gasteiger partial charge in [0.2, 0.25) is 0 Å². The number of aromatic hydroxyl groups is 1. The third kappa shape index (κ3) is 3.03. The molecule has 7 heteroatoms. The Kier molecular flexibility index (Phi) is 4.34. The molecule has 6 nitrogen and oxygen atoms in total. The third-order valence-electron chi connectivity index (χ3n) is 4.82. The monoisotopic (exact) mass is 414 g/mol. The van der Waals surface area contributed by atoms with Crippen LogP contribution in [0.2, 0.25) is 5.02 Å². The molecule has 30 heavy (non-hydrogen) atoms. The van der Waals surface area contributed by atoms with Crippen LogP contribution < -0.4 is 5.56 Å². The van der Waals surface area contributed by atoms with E-state index in [0.29, 0.717) is 27.7 Å². The predicted molar refractivity (Wildman–Crippen MR) is 117 cm³/mol. The average molecular weight is 415 g/mol. The van der Waals surface area contributed by atoms with E-state index >= 15 is 0 Å². The van der Waals surface area contributed by atoms with Crippen LogP contribution in [0.15, 0.2) is 90.0 Å². The van der Waals surface area contributed by atoms with Crippen molar-refractivity contribution in [3.8, 4) is 28.5 Å². The van der Waals surface area contributed by atoms with E-state index < -0.39 is 0 Å². The maximum Gasteiger partial charge on any atom is 0.286 e. The number of hydrogen-bond acceptors (Lipinski definition) is 4. The number of imidazole rings is 1. The molecule has 0 atom stereocenters. The Labute approximate surface area is 176 Å². The Bertz CT molecular complexity index is 1410. The molecule has 5 rings (SSSR count). The highest BCUT2D eigenvalue weighted by Gasteiger charge is 2.18. The summed E-state index contributed by atoms with van der Waals surface area (Å²) in [7, 11) is 0. The molecular formula is C23H15ClN4O2. The quantitative estimate of drug-likeness (QED) is 0.468. The van der Waals surface area contributed by atoms with E-state index in [1.807, 2.05) is 30.3 Å². The standard InChI is InChI=1S/C23H15ClN4O2/c24-16-8-10-18(11-9-16)28-21(15-6-12-19(29)13-7-15)26-22-20(23(28)30)25-14-27(22)17-4-2-1-3-5-17/h1-14,29H. The van der Waals surface area contributed by atoms with Gasteiger partial charge in [0.1, 0.15) is 17.9 Å². The molecule has 0 saturated heterocycles. The Morgan fingerprint density at radius 1 is 0.833 bits per heavy atom. The van der Waals surface area contributed by atoms with Crippen molar-refractivity contribution in [2.24, 2.45) is 0 Å². The highest BCUT2D eigenvalue weighted by molar-refractivity contribution is 6.30. The van der Waals surface area contributed by atoms with E-state index in [9.17, 15) is 9.90 Å². The van der Waals surface area contributed by atoms with Gasteiger partial charge in [-0.05, 0) is 60.7 Å². The normalized spacial score (nSPS) is 11.1. The number of fused-ring (bicyclic) bond motifs is 1. The van der Waals surface area contributed by atoms with Crippen LogP contribution in [0.1, 0.15) is 0 Å². The second-order valence-corrected chi connectivity index (χ2v) is 7.16. The molecule has 5 aromatic rings. The Morgan fingerprint density at radius 2 is 1.53 bits per heavy atom. The fourth-order valence-corrected chi connectivity index (χ4v) is 3.49. The van der Waals surface area contributed by atoms with Gasteiger partial charge in [0, 0.05) is 16.3 Å². The van der Waals surface area contributed by atoms with Gasteiger partial charge in [-0.3, -0.25) is 13.9 Å². The van der Waals surface area contributed by atoms with Crippen LogP contribution in [0, 0.1) is 0 Å². The fraction of sp³-hybridized carbons (Fsp3) is 0. The lowest BCUT2D eigenvalue weighted by Crippen LogP contribution is -2.22. The summed E-state index contributed by atoms with van der Waals surface area (Å²) in [6.07, 6.45) is 1.60. The topological polar surface area (TPSA) is 72.9 Å². The largest absolute Gasteiger partial charge is 0.508 e. The maximum absolute atomic E-state index is 13.5. The molecule has 0 radical (unpaired) electrons. The van der Waals surface area contributed by atoms with E-state index in [1.54, 1.807) is 59.4 Å². The highest BCUT2D eigenvalue weighted by atomic mass is 35.5. The van der Waals surface area contributed by atoms with E-state index in [-0.39, 0.29) is 16.8 Å². The summed E-state index contributed by atoms with van der Waals surface area (Å²) in [4.78, 5) is 22.7. The first kappa shape index (κ1) is 18.1. The minimum atomic E-state index is -0.292. The van der Waals surface area contributed by atoms with Crippen LogP contribution >= 0.6 is 11.6 Å². The number of nitrogens with zero attached hydrogens (tertiary/aromatic N) is 4. The van der Waals surface area contributed by atoms with Crippen molar-refractivity contribution in [1.82, 2.24) is 19.1 Å². The number of phenolic OH excluding ortho intramolecular Hbond substituents is 1. The van der Waals surface area contributed by atoms with Crippen molar-refractivity contribution in [1.29, 1.82) is 0 Å². The molecule has 0 amide bonds. The van der Waals surface area contributed by atoms with Gasteiger partial charge in [-0.15, -0.1) is 0 Å². The number of aromatic nitrogens is 4. The lowest BCUT2D eigenvalue weighted by molar-refractivity contribution is 0.475. The van der Waals surface area contributed by atoms with Gasteiger partial charge in [0.15, 0.2) is 11.2 Å². The van der Waals surface area contributed by atoms with Gasteiger partial charge < -0.3 is 5.11 Å². The summed E-state index contributed by atoms with van der Waals surface area (Å²) in [6.45, 7) is 0. The summed E-state index contributed by atoms with van der Waals surface area (Å²) >= 11 is 6.03. The minimum Gasteiger partial charge on any atom is -0.508 e. The molecular weight excluding hydrogens is 400 g/mol. The Balaban J connectivity index is 1.85. The molecule has 3 aromatic carbocycles. The molecule has 1 N–H and O–H groups in total. The summed E-state index contributed by atoms with van der Waals surface area (Å²) < 4.78 is 3.29. The summed E-state index contributed by atoms with van der Waals surface area (Å²) in [5, 5.41) is 10.3. The minimum absolute atomic E-state index is 0.134. The Morgan fingerprint density at radius 3 is 2.23 bits per heavy atom. The molecule has 0 aliphatic carbocycles. The average Bonchev–Trinajstić information content (AvgIpc) is 3.20. The van der Waals surface area contributed by atoms with Crippen molar-refractivity contribution in [3.63, 3.8) is 0 Å². The zero-order valence-electron chi connectivity index (χ0n) is 15.6. The van der Waals surface area contributed by atoms with E-state index in [1.165, 1.54) is 4.57 Å². The van der Waals surface area contributed by atoms with Crippen LogP contribution in [-0.4, -0.2) is 24.2 Å². The highest BCUT2D eigenvalue weighted by Crippen LogP contribution is 2.25. The van der Waals surface area contributed by atoms with Crippen molar-refractivity contribution in [3.05, 3.63) is 101 Å². The molecule has 0 unspecified atom stereocenters. The van der Waals surface area contributed by atoms with Gasteiger partial charge in [0.25, 0.3) is 5.56 Å². The third-order valence-corrected chi connectivity index (χ3v) is 5.07. The van der Waals surface area contributed by atoms with E-state index in [2.05, 4.69) is 4.98 Å². The van der Waals surface area contributed by atoms with Crippen LogP contribution in [0.5, 0.6) is 5.75 Å². The lowest BCUT2D eigenvalue weighted by atomic mass is 10.2. The zero-order valence-corrected chi connectivity index (χ0v) is 16.4. The number of para-hydroxylation sites is 1. The maximum atomic E-state index is 13.5. The SMILES string of the molecule is O=c1c2ncn(-c3ccccc3)c2nc(-c2ccc(O)cc2)n1-c1ccc(Cl)cc1. The van der Waals surface area contributed by atoms with Crippen molar-refractivity contribution >= 4 is 22.8 Å². The number of halogens is 1. The van der Waals surface area contributed by atoms with E-state index in [4.69, 9.17) is 16.6 Å². The predicted octanol–water partition coefficient (Wildman–Crippen LogP) is 4.60. The first-order chi connectivity index (χ1) is 14.6. The van der Waals surface area contributed by atoms with Gasteiger partial charge in [-0.1, -0.05) is 29.8 Å². The summed E-state index contributed by atoms with van der Waals surface area (Å²) in [6, 6.07) is 23.1. The lowest BCUT2D eigenvalue weighted by Gasteiger charge is -2.13. The van der Waals surface area contributed by atoms with Gasteiger partial charge in [-0.25, -0.2) is 9.97 Å². The zero-order chi connectivity index (χ0) is 20.7. The molecule has 0 bridgehead atoms. The molecule has 0 saturated carbocycles. The van der Waals surface area contributed by atoms with Gasteiger partial charge in [-0.2, -0.15) is 0 Å². The first-order valence-corrected chi connectivity index (χ1v) is 9.60. The molecule has 0 spiro atoms. The first-order valence-electron chi connectivity index (χ1n) is 9.23. The Hall–Kier alpha value is -3.90. The number of phenols is 1. The number of rotatable bonds is 3. The fourth-order valence-electron chi connectivity index (χ4n) is 3.36. The van der Waals surface area contributed by atoms with E-state index in [0.717, 1.165) is 5.69 Å². The molecule has 146 valence electrons. The van der Waals surface area contributed by atoms with Crippen molar-refractivity contribution < 1.29 is 5.11 Å². The number of hydrogen-bond donors (Lipinski definition) is 1. The van der Waals surface area contributed by atoms with Crippen molar-refractivity contribution in [2.45, 2.75) is 0 Å². The van der Waals surface area contributed by atoms with Gasteiger partial charge in [0.05, 0.1) is 5.69 Å². The summed E-state index contributed by atoms with van der Waals surface area (Å²) in [5.41, 5.74) is 2.59. The van der Waals surface area contributed by atoms with Gasteiger partial charge >= 0.3 is 0 Å². The molecule has 2 heterocycles. The summed E-state index contributed by atoms with van der Waals surface area (Å²) in [5.74, 6) is 0.571. The van der Waals surface area contributed by atoms with Crippen LogP contribution in [0.3, 0.4) is 0 Å². The molecule has 0 fully saturated rings. The van der Waals surface area contributed by atoms with Crippen LogP contribution in [0.4, 0.5) is 0 Å². The molecule has 0 aliphatic rings. The van der Waals surface area contributed by atoms with Crippen LogP contribution in [-0.2, 0) is 0 Å². The smallest absolute Gasteiger partial charge is 0.286 e. The second-order valence-electron chi connectivity index (χ2n) is 6.72. The van der Waals surface area contributed by atoms with Crippen LogP contribution in [0.25, 0.3) is 33.9 Å². The number of benzene rings is 3. The molecule has 2 aromatic heterocycles. The van der Waals surface area contributed by atoms with Crippen molar-refractivity contribution in [2.75, 3.05) is 0 Å². The second kappa shape index (κ2) is 7.17.